The van der Waals surface area contributed by atoms with Crippen LogP contribution in [0.25, 0.3) is 0 Å². The molecule has 10 heteroatoms. The number of nitrogens with one attached hydrogen (secondary N) is 2. The van der Waals surface area contributed by atoms with Gasteiger partial charge in [-0.05, 0) is 36.8 Å². The van der Waals surface area contributed by atoms with Gasteiger partial charge in [-0.2, -0.15) is 0 Å². The molecule has 0 bridgehead atoms. The quantitative estimate of drug-likeness (QED) is 0.411. The van der Waals surface area contributed by atoms with Crippen LogP contribution in [0, 0.1) is 10.1 Å². The first-order valence-electron chi connectivity index (χ1n) is 7.78. The van der Waals surface area contributed by atoms with Gasteiger partial charge in [0.25, 0.3) is 11.6 Å². The molecule has 0 aromatic heterocycles. The van der Waals surface area contributed by atoms with E-state index in [1.165, 1.54) is 24.3 Å². The zero-order valence-corrected chi connectivity index (χ0v) is 15.4. The lowest BCUT2D eigenvalue weighted by atomic mass is 10.2. The molecule has 2 aromatic rings. The number of nitro benzene ring substituents is 1. The first-order valence-corrected chi connectivity index (χ1v) is 8.54. The number of nitro groups is 1. The van der Waals surface area contributed by atoms with Crippen molar-refractivity contribution in [2.75, 3.05) is 6.61 Å². The Morgan fingerprint density at radius 1 is 1.07 bits per heavy atom. The number of carbonyl (C=O) groups excluding carboxylic acids is 2. The molecule has 2 rings (SSSR count). The lowest BCUT2D eigenvalue weighted by Gasteiger charge is -2.09. The maximum absolute atomic E-state index is 11.9. The fraction of sp³-hybridized carbons (Fsp3) is 0.176. The van der Waals surface area contributed by atoms with Crippen LogP contribution in [0.3, 0.4) is 0 Å². The van der Waals surface area contributed by atoms with Crippen molar-refractivity contribution in [1.29, 1.82) is 0 Å². The number of rotatable bonds is 7. The molecule has 0 aliphatic heterocycles. The molecule has 2 N–H and O–H groups in total. The zero-order chi connectivity index (χ0) is 19.8. The van der Waals surface area contributed by atoms with Gasteiger partial charge < -0.3 is 4.74 Å². The Bertz CT molecular complexity index is 843. The van der Waals surface area contributed by atoms with Gasteiger partial charge in [0, 0.05) is 29.1 Å². The molecular weight excluding hydrogens is 397 g/mol. The molecule has 2 aromatic carbocycles. The molecule has 0 aliphatic rings. The van der Waals surface area contributed by atoms with Crippen LogP contribution in [-0.4, -0.2) is 23.3 Å². The third-order valence-corrected chi connectivity index (χ3v) is 3.89. The third-order valence-electron chi connectivity index (χ3n) is 3.36. The van der Waals surface area contributed by atoms with E-state index in [0.29, 0.717) is 22.2 Å². The summed E-state index contributed by atoms with van der Waals surface area (Å²) in [4.78, 5) is 33.6. The summed E-state index contributed by atoms with van der Waals surface area (Å²) in [7, 11) is 0. The number of ether oxygens (including phenoxy) is 1. The van der Waals surface area contributed by atoms with Gasteiger partial charge in [0.15, 0.2) is 0 Å². The molecule has 0 saturated heterocycles. The van der Waals surface area contributed by atoms with Crippen LogP contribution < -0.4 is 15.6 Å². The predicted molar refractivity (Wildman–Crippen MR) is 99.9 cm³/mol. The highest BCUT2D eigenvalue weighted by Gasteiger charge is 2.10. The highest BCUT2D eigenvalue weighted by Crippen LogP contribution is 2.27. The van der Waals surface area contributed by atoms with Crippen LogP contribution in [0.4, 0.5) is 5.69 Å². The average Bonchev–Trinajstić information content (AvgIpc) is 2.64. The lowest BCUT2D eigenvalue weighted by molar-refractivity contribution is -0.384. The second kappa shape index (κ2) is 9.75. The Morgan fingerprint density at radius 2 is 1.78 bits per heavy atom. The molecule has 0 atom stereocenters. The van der Waals surface area contributed by atoms with E-state index in [4.69, 9.17) is 27.9 Å². The van der Waals surface area contributed by atoms with Crippen molar-refractivity contribution in [2.24, 2.45) is 0 Å². The Labute approximate surface area is 164 Å². The van der Waals surface area contributed by atoms with Crippen molar-refractivity contribution >= 4 is 40.7 Å². The molecule has 2 amide bonds. The summed E-state index contributed by atoms with van der Waals surface area (Å²) in [5.41, 5.74) is 4.55. The van der Waals surface area contributed by atoms with Gasteiger partial charge >= 0.3 is 0 Å². The van der Waals surface area contributed by atoms with Crippen LogP contribution in [0.2, 0.25) is 10.0 Å². The van der Waals surface area contributed by atoms with Gasteiger partial charge in [0.1, 0.15) is 5.75 Å². The van der Waals surface area contributed by atoms with Gasteiger partial charge in [-0.3, -0.25) is 30.6 Å². The number of halogens is 2. The van der Waals surface area contributed by atoms with E-state index < -0.39 is 16.7 Å². The standard InChI is InChI=1S/C17H15Cl2N3O5/c18-12-5-8-15(14(19)10-12)27-9-1-2-16(23)20-21-17(24)11-3-6-13(7-4-11)22(25)26/h3-8,10H,1-2,9H2,(H,20,23)(H,21,24). The van der Waals surface area contributed by atoms with E-state index >= 15 is 0 Å². The third kappa shape index (κ3) is 6.43. The number of hydrazine groups is 1. The van der Waals surface area contributed by atoms with Crippen molar-refractivity contribution in [1.82, 2.24) is 10.9 Å². The van der Waals surface area contributed by atoms with Gasteiger partial charge in [0.05, 0.1) is 16.6 Å². The van der Waals surface area contributed by atoms with E-state index in [9.17, 15) is 19.7 Å². The van der Waals surface area contributed by atoms with Gasteiger partial charge in [-0.25, -0.2) is 0 Å². The molecule has 0 fully saturated rings. The fourth-order valence-electron chi connectivity index (χ4n) is 2.00. The minimum absolute atomic E-state index is 0.117. The lowest BCUT2D eigenvalue weighted by Crippen LogP contribution is -2.41. The Hall–Kier alpha value is -2.84. The summed E-state index contributed by atoms with van der Waals surface area (Å²) in [5, 5.41) is 11.4. The second-order valence-corrected chi connectivity index (χ2v) is 6.18. The number of hydrogen-bond donors (Lipinski definition) is 2. The number of amides is 2. The zero-order valence-electron chi connectivity index (χ0n) is 13.9. The summed E-state index contributed by atoms with van der Waals surface area (Å²) in [6, 6.07) is 9.83. The van der Waals surface area contributed by atoms with Crippen LogP contribution in [0.15, 0.2) is 42.5 Å². The normalized spacial score (nSPS) is 10.1. The van der Waals surface area contributed by atoms with Crippen molar-refractivity contribution in [3.8, 4) is 5.75 Å². The van der Waals surface area contributed by atoms with Gasteiger partial charge in [-0.15, -0.1) is 0 Å². The number of benzene rings is 2. The van der Waals surface area contributed by atoms with Crippen LogP contribution in [-0.2, 0) is 4.79 Å². The van der Waals surface area contributed by atoms with E-state index in [-0.39, 0.29) is 24.3 Å². The Kier molecular flexibility index (Phi) is 7.39. The topological polar surface area (TPSA) is 111 Å². The van der Waals surface area contributed by atoms with Crippen LogP contribution in [0.5, 0.6) is 5.75 Å². The second-order valence-electron chi connectivity index (χ2n) is 5.33. The number of non-ortho nitro benzene ring substituents is 1. The van der Waals surface area contributed by atoms with Crippen molar-refractivity contribution in [3.05, 3.63) is 68.2 Å². The first-order chi connectivity index (χ1) is 12.9. The average molecular weight is 412 g/mol. The Morgan fingerprint density at radius 3 is 2.41 bits per heavy atom. The van der Waals surface area contributed by atoms with Gasteiger partial charge in [0.2, 0.25) is 5.91 Å². The van der Waals surface area contributed by atoms with E-state index in [1.54, 1.807) is 18.2 Å². The summed E-state index contributed by atoms with van der Waals surface area (Å²) in [6.45, 7) is 0.255. The molecule has 0 aliphatic carbocycles. The van der Waals surface area contributed by atoms with Crippen molar-refractivity contribution in [3.63, 3.8) is 0 Å². The molecule has 27 heavy (non-hydrogen) atoms. The number of carbonyl (C=O) groups is 2. The summed E-state index contributed by atoms with van der Waals surface area (Å²) in [5.74, 6) is -0.522. The molecule has 0 saturated carbocycles. The number of nitrogens with zero attached hydrogens (tertiary/aromatic N) is 1. The SMILES string of the molecule is O=C(CCCOc1ccc(Cl)cc1Cl)NNC(=O)c1ccc([N+](=O)[O-])cc1. The van der Waals surface area contributed by atoms with Crippen molar-refractivity contribution in [2.45, 2.75) is 12.8 Å². The van der Waals surface area contributed by atoms with E-state index in [0.717, 1.165) is 0 Å². The highest BCUT2D eigenvalue weighted by atomic mass is 35.5. The van der Waals surface area contributed by atoms with E-state index in [1.807, 2.05) is 0 Å². The molecule has 0 heterocycles. The predicted octanol–water partition coefficient (Wildman–Crippen LogP) is 3.52. The van der Waals surface area contributed by atoms with Crippen molar-refractivity contribution < 1.29 is 19.2 Å². The molecule has 142 valence electrons. The summed E-state index contributed by atoms with van der Waals surface area (Å²) >= 11 is 11.8. The first kappa shape index (κ1) is 20.5. The maximum atomic E-state index is 11.9. The molecule has 0 radical (unpaired) electrons. The number of hydrogen-bond acceptors (Lipinski definition) is 5. The molecule has 0 spiro atoms. The molecule has 8 nitrogen and oxygen atoms in total. The monoisotopic (exact) mass is 411 g/mol. The Balaban J connectivity index is 1.69. The summed E-state index contributed by atoms with van der Waals surface area (Å²) in [6.07, 6.45) is 0.518. The highest BCUT2D eigenvalue weighted by molar-refractivity contribution is 6.35. The van der Waals surface area contributed by atoms with Crippen LogP contribution in [0.1, 0.15) is 23.2 Å². The molecule has 0 unspecified atom stereocenters. The van der Waals surface area contributed by atoms with Crippen LogP contribution >= 0.6 is 23.2 Å². The largest absolute Gasteiger partial charge is 0.492 e. The maximum Gasteiger partial charge on any atom is 0.269 e. The minimum Gasteiger partial charge on any atom is -0.492 e. The fourth-order valence-corrected chi connectivity index (χ4v) is 2.47. The van der Waals surface area contributed by atoms with E-state index in [2.05, 4.69) is 10.9 Å². The van der Waals surface area contributed by atoms with Gasteiger partial charge in [-0.1, -0.05) is 23.2 Å². The molecular formula is C17H15Cl2N3O5. The smallest absolute Gasteiger partial charge is 0.269 e. The summed E-state index contributed by atoms with van der Waals surface area (Å²) < 4.78 is 5.45. The minimum atomic E-state index is -0.581.